The summed E-state index contributed by atoms with van der Waals surface area (Å²) in [6.45, 7) is 1.87. The molecule has 2 aliphatic rings. The van der Waals surface area contributed by atoms with Gasteiger partial charge in [0, 0.05) is 13.1 Å². The number of aromatic amines is 1. The van der Waals surface area contributed by atoms with Gasteiger partial charge in [-0.1, -0.05) is 19.3 Å². The van der Waals surface area contributed by atoms with E-state index in [0.717, 1.165) is 24.8 Å². The van der Waals surface area contributed by atoms with Gasteiger partial charge in [-0.3, -0.25) is 14.4 Å². The zero-order valence-corrected chi connectivity index (χ0v) is 13.8. The second kappa shape index (κ2) is 6.07. The first-order valence-corrected chi connectivity index (χ1v) is 8.87. The molecule has 0 amide bonds. The lowest BCUT2D eigenvalue weighted by atomic mass is 9.83. The number of hydrogen-bond donors (Lipinski definition) is 1. The van der Waals surface area contributed by atoms with Gasteiger partial charge in [-0.05, 0) is 38.1 Å². The molecular weight excluding hydrogens is 290 g/mol. The van der Waals surface area contributed by atoms with Crippen LogP contribution in [0.1, 0.15) is 50.8 Å². The van der Waals surface area contributed by atoms with E-state index in [9.17, 15) is 4.79 Å². The highest BCUT2D eigenvalue weighted by Crippen LogP contribution is 2.34. The minimum atomic E-state index is -0.0773. The van der Waals surface area contributed by atoms with E-state index >= 15 is 0 Å². The Balaban J connectivity index is 1.56. The molecule has 0 spiro atoms. The molecule has 2 fully saturated rings. The highest BCUT2D eigenvalue weighted by molar-refractivity contribution is 5.72. The summed E-state index contributed by atoms with van der Waals surface area (Å²) in [7, 11) is 1.83. The van der Waals surface area contributed by atoms with Gasteiger partial charge in [-0.15, -0.1) is 0 Å². The summed E-state index contributed by atoms with van der Waals surface area (Å²) in [5, 5.41) is 4.71. The Hall–Kier alpha value is -1.69. The average molecular weight is 315 g/mol. The zero-order chi connectivity index (χ0) is 15.8. The van der Waals surface area contributed by atoms with Crippen LogP contribution in [-0.2, 0) is 13.6 Å². The molecule has 6 heteroatoms. The van der Waals surface area contributed by atoms with Gasteiger partial charge in [0.1, 0.15) is 11.2 Å². The lowest BCUT2D eigenvalue weighted by molar-refractivity contribution is 0.148. The number of H-pyrrole nitrogens is 1. The van der Waals surface area contributed by atoms with Gasteiger partial charge in [0.15, 0.2) is 5.65 Å². The Morgan fingerprint density at radius 1 is 1.22 bits per heavy atom. The molecule has 1 aliphatic heterocycles. The van der Waals surface area contributed by atoms with E-state index in [0.29, 0.717) is 17.1 Å². The number of rotatable bonds is 3. The highest BCUT2D eigenvalue weighted by Gasteiger charge is 2.32. The lowest BCUT2D eigenvalue weighted by Crippen LogP contribution is -2.37. The molecule has 0 unspecified atom stereocenters. The van der Waals surface area contributed by atoms with Crippen molar-refractivity contribution in [3.05, 3.63) is 22.4 Å². The lowest BCUT2D eigenvalue weighted by Gasteiger charge is -2.33. The summed E-state index contributed by atoms with van der Waals surface area (Å²) in [6, 6.07) is 0.669. The van der Waals surface area contributed by atoms with E-state index in [4.69, 9.17) is 0 Å². The largest absolute Gasteiger partial charge is 0.309 e. The molecule has 0 radical (unpaired) electrons. The van der Waals surface area contributed by atoms with Crippen molar-refractivity contribution in [2.24, 2.45) is 13.0 Å². The molecule has 0 aromatic carbocycles. The second-order valence-corrected chi connectivity index (χ2v) is 7.10. The number of likely N-dealkylation sites (tertiary alicyclic amines) is 1. The van der Waals surface area contributed by atoms with Crippen molar-refractivity contribution < 1.29 is 0 Å². The maximum atomic E-state index is 12.2. The van der Waals surface area contributed by atoms with Gasteiger partial charge in [-0.25, -0.2) is 4.98 Å². The summed E-state index contributed by atoms with van der Waals surface area (Å²) in [5.74, 6) is 1.60. The summed E-state index contributed by atoms with van der Waals surface area (Å²) in [5.41, 5.74) is 0.601. The van der Waals surface area contributed by atoms with Crippen LogP contribution in [0.2, 0.25) is 0 Å². The monoisotopic (exact) mass is 315 g/mol. The van der Waals surface area contributed by atoms with Gasteiger partial charge < -0.3 is 4.98 Å². The molecule has 1 saturated carbocycles. The van der Waals surface area contributed by atoms with Crippen molar-refractivity contribution in [1.29, 1.82) is 0 Å². The van der Waals surface area contributed by atoms with Crippen LogP contribution in [0, 0.1) is 5.92 Å². The first-order valence-electron chi connectivity index (χ1n) is 8.87. The molecule has 1 aliphatic carbocycles. The molecule has 6 nitrogen and oxygen atoms in total. The zero-order valence-electron chi connectivity index (χ0n) is 13.8. The normalized spacial score (nSPS) is 23.8. The fraction of sp³-hybridized carbons (Fsp3) is 0.706. The van der Waals surface area contributed by atoms with Crippen LogP contribution < -0.4 is 5.56 Å². The molecule has 1 N–H and O–H groups in total. The van der Waals surface area contributed by atoms with E-state index < -0.39 is 0 Å². The number of nitrogens with one attached hydrogen (secondary N) is 1. The Morgan fingerprint density at radius 2 is 2.04 bits per heavy atom. The van der Waals surface area contributed by atoms with Crippen molar-refractivity contribution in [3.63, 3.8) is 0 Å². The third kappa shape index (κ3) is 2.80. The standard InChI is InChI=1S/C17H25N5O/c1-21-16-13(10-18-21)17(23)20-15(19-16)11-22-9-5-8-14(22)12-6-3-2-4-7-12/h10,12,14H,2-9,11H2,1H3,(H,19,20,23)/t14-/m0/s1. The molecular formula is C17H25N5O. The quantitative estimate of drug-likeness (QED) is 0.943. The van der Waals surface area contributed by atoms with Crippen molar-refractivity contribution in [2.45, 2.75) is 57.5 Å². The highest BCUT2D eigenvalue weighted by atomic mass is 16.1. The van der Waals surface area contributed by atoms with Crippen LogP contribution in [0.15, 0.2) is 11.0 Å². The van der Waals surface area contributed by atoms with Crippen molar-refractivity contribution in [1.82, 2.24) is 24.6 Å². The van der Waals surface area contributed by atoms with E-state index in [-0.39, 0.29) is 5.56 Å². The molecule has 0 bridgehead atoms. The Kier molecular flexibility index (Phi) is 3.93. The van der Waals surface area contributed by atoms with Crippen molar-refractivity contribution in [3.8, 4) is 0 Å². The Bertz CT molecular complexity index is 743. The number of nitrogens with zero attached hydrogens (tertiary/aromatic N) is 4. The first kappa shape index (κ1) is 14.9. The molecule has 1 atom stereocenters. The predicted molar refractivity (Wildman–Crippen MR) is 89.1 cm³/mol. The minimum absolute atomic E-state index is 0.0773. The fourth-order valence-electron chi connectivity index (χ4n) is 4.45. The number of hydrogen-bond acceptors (Lipinski definition) is 4. The summed E-state index contributed by atoms with van der Waals surface area (Å²) in [6.07, 6.45) is 11.0. The van der Waals surface area contributed by atoms with Gasteiger partial charge >= 0.3 is 0 Å². The third-order valence-electron chi connectivity index (χ3n) is 5.61. The molecule has 3 heterocycles. The maximum absolute atomic E-state index is 12.2. The molecule has 23 heavy (non-hydrogen) atoms. The average Bonchev–Trinajstić information content (AvgIpc) is 3.16. The summed E-state index contributed by atoms with van der Waals surface area (Å²) in [4.78, 5) is 22.3. The number of aryl methyl sites for hydroxylation is 1. The smallest absolute Gasteiger partial charge is 0.262 e. The topological polar surface area (TPSA) is 66.8 Å². The number of aromatic nitrogens is 4. The van der Waals surface area contributed by atoms with E-state index in [2.05, 4.69) is 20.0 Å². The predicted octanol–water partition coefficient (Wildman–Crippen LogP) is 2.20. The fourth-order valence-corrected chi connectivity index (χ4v) is 4.45. The van der Waals surface area contributed by atoms with Crippen molar-refractivity contribution in [2.75, 3.05) is 6.54 Å². The molecule has 1 saturated heterocycles. The Labute approximate surface area is 135 Å². The van der Waals surface area contributed by atoms with Crippen molar-refractivity contribution >= 4 is 11.0 Å². The van der Waals surface area contributed by atoms with Gasteiger partial charge in [0.2, 0.25) is 0 Å². The van der Waals surface area contributed by atoms with Gasteiger partial charge in [0.25, 0.3) is 5.56 Å². The third-order valence-corrected chi connectivity index (χ3v) is 5.61. The molecule has 124 valence electrons. The molecule has 4 rings (SSSR count). The minimum Gasteiger partial charge on any atom is -0.309 e. The van der Waals surface area contributed by atoms with E-state index in [1.165, 1.54) is 44.9 Å². The van der Waals surface area contributed by atoms with Crippen LogP contribution in [0.4, 0.5) is 0 Å². The SMILES string of the molecule is Cn1ncc2c(=O)[nH]c(CN3CCC[C@H]3C3CCCCC3)nc21. The van der Waals surface area contributed by atoms with Crippen LogP contribution in [0.25, 0.3) is 11.0 Å². The summed E-state index contributed by atoms with van der Waals surface area (Å²) >= 11 is 0. The maximum Gasteiger partial charge on any atom is 0.262 e. The van der Waals surface area contributed by atoms with E-state index in [1.54, 1.807) is 10.9 Å². The van der Waals surface area contributed by atoms with Crippen LogP contribution in [0.5, 0.6) is 0 Å². The van der Waals surface area contributed by atoms with Crippen LogP contribution in [0.3, 0.4) is 0 Å². The Morgan fingerprint density at radius 3 is 2.87 bits per heavy atom. The second-order valence-electron chi connectivity index (χ2n) is 7.10. The van der Waals surface area contributed by atoms with Crippen LogP contribution in [-0.4, -0.2) is 37.2 Å². The van der Waals surface area contributed by atoms with Gasteiger partial charge in [-0.2, -0.15) is 5.10 Å². The van der Waals surface area contributed by atoms with E-state index in [1.807, 2.05) is 7.05 Å². The first-order chi connectivity index (χ1) is 11.2. The molecule has 2 aromatic heterocycles. The molecule has 2 aromatic rings. The number of fused-ring (bicyclic) bond motifs is 1. The van der Waals surface area contributed by atoms with Gasteiger partial charge in [0.05, 0.1) is 12.7 Å². The van der Waals surface area contributed by atoms with Crippen LogP contribution >= 0.6 is 0 Å². The summed E-state index contributed by atoms with van der Waals surface area (Å²) < 4.78 is 1.68.